The standard InChI is InChI=1S/C31H28Cl2N2O5/c1-19(2)30-23(29(35-40-30)28-24(32)9-6-10-25(28)33)18-39-22-14-11-20(12-15-22)13-16-27(36)34-26(31(37)38)17-21-7-4-3-5-8-21/h3-16,19,26H,17-18H2,1-2H3,(H,34,36)(H,37,38)/b16-13+. The van der Waals surface area contributed by atoms with Crippen molar-refractivity contribution in [3.8, 4) is 17.0 Å². The highest BCUT2D eigenvalue weighted by Gasteiger charge is 2.24. The Morgan fingerprint density at radius 2 is 1.68 bits per heavy atom. The highest BCUT2D eigenvalue weighted by molar-refractivity contribution is 6.39. The minimum absolute atomic E-state index is 0.0631. The number of carbonyl (C=O) groups excluding carboxylic acids is 1. The van der Waals surface area contributed by atoms with Crippen LogP contribution < -0.4 is 10.1 Å². The van der Waals surface area contributed by atoms with Crippen LogP contribution in [-0.2, 0) is 22.6 Å². The van der Waals surface area contributed by atoms with Gasteiger partial charge in [0.15, 0.2) is 0 Å². The summed E-state index contributed by atoms with van der Waals surface area (Å²) in [7, 11) is 0. The zero-order valence-corrected chi connectivity index (χ0v) is 23.4. The number of nitrogens with zero attached hydrogens (tertiary/aromatic N) is 1. The summed E-state index contributed by atoms with van der Waals surface area (Å²) >= 11 is 12.8. The molecule has 40 heavy (non-hydrogen) atoms. The van der Waals surface area contributed by atoms with Crippen LogP contribution >= 0.6 is 23.2 Å². The molecule has 2 N–H and O–H groups in total. The molecule has 7 nitrogen and oxygen atoms in total. The van der Waals surface area contributed by atoms with Crippen LogP contribution in [0.3, 0.4) is 0 Å². The summed E-state index contributed by atoms with van der Waals surface area (Å²) in [5, 5.41) is 17.2. The minimum Gasteiger partial charge on any atom is -0.489 e. The lowest BCUT2D eigenvalue weighted by atomic mass is 10.0. The van der Waals surface area contributed by atoms with Crippen molar-refractivity contribution >= 4 is 41.2 Å². The van der Waals surface area contributed by atoms with Crippen molar-refractivity contribution < 1.29 is 24.0 Å². The Labute approximate surface area is 242 Å². The largest absolute Gasteiger partial charge is 0.489 e. The number of halogens is 2. The molecule has 0 radical (unpaired) electrons. The van der Waals surface area contributed by atoms with Gasteiger partial charge in [0.1, 0.15) is 29.9 Å². The molecule has 0 saturated heterocycles. The zero-order valence-electron chi connectivity index (χ0n) is 21.9. The number of amides is 1. The maximum atomic E-state index is 12.4. The van der Waals surface area contributed by atoms with E-state index in [-0.39, 0.29) is 18.9 Å². The van der Waals surface area contributed by atoms with Gasteiger partial charge in [0.2, 0.25) is 5.91 Å². The van der Waals surface area contributed by atoms with Crippen molar-refractivity contribution in [3.05, 3.63) is 111 Å². The van der Waals surface area contributed by atoms with Crippen LogP contribution in [0.1, 0.15) is 42.2 Å². The van der Waals surface area contributed by atoms with E-state index in [1.807, 2.05) is 44.2 Å². The van der Waals surface area contributed by atoms with Gasteiger partial charge in [-0.1, -0.05) is 90.7 Å². The van der Waals surface area contributed by atoms with E-state index in [9.17, 15) is 14.7 Å². The van der Waals surface area contributed by atoms with Gasteiger partial charge in [-0.25, -0.2) is 4.79 Å². The summed E-state index contributed by atoms with van der Waals surface area (Å²) in [4.78, 5) is 24.0. The van der Waals surface area contributed by atoms with Crippen molar-refractivity contribution in [3.63, 3.8) is 0 Å². The third kappa shape index (κ3) is 7.31. The fraction of sp³-hybridized carbons (Fsp3) is 0.194. The molecular weight excluding hydrogens is 551 g/mol. The quantitative estimate of drug-likeness (QED) is 0.183. The van der Waals surface area contributed by atoms with Gasteiger partial charge in [-0.2, -0.15) is 0 Å². The molecule has 0 saturated carbocycles. The second-order valence-corrected chi connectivity index (χ2v) is 10.2. The normalized spacial score (nSPS) is 12.0. The van der Waals surface area contributed by atoms with Crippen LogP contribution in [0.2, 0.25) is 10.0 Å². The molecule has 1 amide bonds. The van der Waals surface area contributed by atoms with E-state index < -0.39 is 17.9 Å². The number of rotatable bonds is 11. The van der Waals surface area contributed by atoms with Gasteiger partial charge in [-0.15, -0.1) is 0 Å². The van der Waals surface area contributed by atoms with Crippen molar-refractivity contribution in [2.24, 2.45) is 0 Å². The molecule has 0 aliphatic carbocycles. The Hall–Kier alpha value is -4.07. The topological polar surface area (TPSA) is 102 Å². The smallest absolute Gasteiger partial charge is 0.326 e. The van der Waals surface area contributed by atoms with Gasteiger partial charge in [-0.05, 0) is 41.5 Å². The predicted octanol–water partition coefficient (Wildman–Crippen LogP) is 7.18. The number of hydrogen-bond donors (Lipinski definition) is 2. The predicted molar refractivity (Wildman–Crippen MR) is 156 cm³/mol. The van der Waals surface area contributed by atoms with Crippen LogP contribution in [0.5, 0.6) is 5.75 Å². The van der Waals surface area contributed by atoms with Crippen molar-refractivity contribution in [2.75, 3.05) is 0 Å². The fourth-order valence-electron chi connectivity index (χ4n) is 4.11. The van der Waals surface area contributed by atoms with Gasteiger partial charge in [-0.3, -0.25) is 4.79 Å². The summed E-state index contributed by atoms with van der Waals surface area (Å²) in [5.74, 6) is -0.247. The molecule has 0 aliphatic rings. The lowest BCUT2D eigenvalue weighted by molar-refractivity contribution is -0.141. The Morgan fingerprint density at radius 3 is 2.30 bits per heavy atom. The van der Waals surface area contributed by atoms with Crippen LogP contribution in [0, 0.1) is 0 Å². The van der Waals surface area contributed by atoms with Crippen LogP contribution in [0.4, 0.5) is 0 Å². The maximum Gasteiger partial charge on any atom is 0.326 e. The number of carboxylic acids is 1. The molecule has 9 heteroatoms. The molecular formula is C31H28Cl2N2O5. The van der Waals surface area contributed by atoms with Crippen molar-refractivity contribution in [1.29, 1.82) is 0 Å². The van der Waals surface area contributed by atoms with Crippen molar-refractivity contribution in [1.82, 2.24) is 10.5 Å². The lowest BCUT2D eigenvalue weighted by Gasteiger charge is -2.13. The summed E-state index contributed by atoms with van der Waals surface area (Å²) in [6.45, 7) is 4.18. The molecule has 3 aromatic carbocycles. The SMILES string of the molecule is CC(C)c1onc(-c2c(Cl)cccc2Cl)c1COc1ccc(/C=C/C(=O)NC(Cc2ccccc2)C(=O)O)cc1. The first-order chi connectivity index (χ1) is 19.2. The highest BCUT2D eigenvalue weighted by Crippen LogP contribution is 2.38. The number of carbonyl (C=O) groups is 2. The molecule has 1 heterocycles. The average Bonchev–Trinajstić information content (AvgIpc) is 3.35. The van der Waals surface area contributed by atoms with Crippen LogP contribution in [-0.4, -0.2) is 28.2 Å². The Kier molecular flexibility index (Phi) is 9.64. The maximum absolute atomic E-state index is 12.4. The van der Waals surface area contributed by atoms with E-state index in [4.69, 9.17) is 32.5 Å². The monoisotopic (exact) mass is 578 g/mol. The van der Waals surface area contributed by atoms with E-state index in [2.05, 4.69) is 10.5 Å². The summed E-state index contributed by atoms with van der Waals surface area (Å²) in [6.07, 6.45) is 3.11. The van der Waals surface area contributed by atoms with Crippen LogP contribution in [0.25, 0.3) is 17.3 Å². The van der Waals surface area contributed by atoms with E-state index >= 15 is 0 Å². The van der Waals surface area contributed by atoms with Gasteiger partial charge in [0, 0.05) is 24.0 Å². The van der Waals surface area contributed by atoms with Crippen LogP contribution in [0.15, 0.2) is 83.4 Å². The Balaban J connectivity index is 1.41. The van der Waals surface area contributed by atoms with E-state index in [1.54, 1.807) is 48.5 Å². The first-order valence-corrected chi connectivity index (χ1v) is 13.4. The third-order valence-electron chi connectivity index (χ3n) is 6.13. The molecule has 1 aromatic heterocycles. The summed E-state index contributed by atoms with van der Waals surface area (Å²) in [5.41, 5.74) is 3.45. The number of benzene rings is 3. The Bertz CT molecular complexity index is 1480. The summed E-state index contributed by atoms with van der Waals surface area (Å²) < 4.78 is 11.7. The molecule has 206 valence electrons. The third-order valence-corrected chi connectivity index (χ3v) is 6.76. The fourth-order valence-corrected chi connectivity index (χ4v) is 4.68. The second-order valence-electron chi connectivity index (χ2n) is 9.41. The van der Waals surface area contributed by atoms with E-state index in [0.717, 1.165) is 16.7 Å². The molecule has 0 spiro atoms. The van der Waals surface area contributed by atoms with Gasteiger partial charge >= 0.3 is 5.97 Å². The Morgan fingerprint density at radius 1 is 1.00 bits per heavy atom. The minimum atomic E-state index is -1.10. The number of nitrogens with one attached hydrogen (secondary N) is 1. The molecule has 4 aromatic rings. The second kappa shape index (κ2) is 13.3. The lowest BCUT2D eigenvalue weighted by Crippen LogP contribution is -2.41. The average molecular weight is 579 g/mol. The zero-order chi connectivity index (χ0) is 28.6. The molecule has 4 rings (SSSR count). The molecule has 1 unspecified atom stereocenters. The van der Waals surface area contributed by atoms with Gasteiger partial charge < -0.3 is 19.7 Å². The number of ether oxygens (including phenoxy) is 1. The van der Waals surface area contributed by atoms with Crippen molar-refractivity contribution in [2.45, 2.75) is 38.8 Å². The first kappa shape index (κ1) is 28.9. The van der Waals surface area contributed by atoms with Gasteiger partial charge in [0.05, 0.1) is 15.6 Å². The molecule has 0 fully saturated rings. The highest BCUT2D eigenvalue weighted by atomic mass is 35.5. The molecule has 1 atom stereocenters. The molecule has 0 bridgehead atoms. The molecule has 0 aliphatic heterocycles. The number of aliphatic carboxylic acids is 1. The van der Waals surface area contributed by atoms with E-state index in [1.165, 1.54) is 6.08 Å². The van der Waals surface area contributed by atoms with Gasteiger partial charge in [0.25, 0.3) is 0 Å². The number of carboxylic acid groups (broad SMARTS) is 1. The first-order valence-electron chi connectivity index (χ1n) is 12.6. The number of aromatic nitrogens is 1. The number of hydrogen-bond acceptors (Lipinski definition) is 5. The summed E-state index contributed by atoms with van der Waals surface area (Å²) in [6, 6.07) is 20.5. The van der Waals surface area contributed by atoms with E-state index in [0.29, 0.717) is 32.8 Å².